The standard InChI is InChI=1S/C12H23NO3S/c1-3-13-10-6-8-16-12(9-10)7-4-5-11(12)17(2,14)15/h10-11,13H,3-9H2,1-2H3. The van der Waals surface area contributed by atoms with E-state index in [0.29, 0.717) is 12.6 Å². The molecule has 1 aliphatic heterocycles. The van der Waals surface area contributed by atoms with Gasteiger partial charge >= 0.3 is 0 Å². The highest BCUT2D eigenvalue weighted by Gasteiger charge is 2.51. The highest BCUT2D eigenvalue weighted by Crippen LogP contribution is 2.43. The highest BCUT2D eigenvalue weighted by molar-refractivity contribution is 7.91. The summed E-state index contributed by atoms with van der Waals surface area (Å²) >= 11 is 0. The summed E-state index contributed by atoms with van der Waals surface area (Å²) in [5, 5.41) is 3.14. The minimum atomic E-state index is -3.00. The summed E-state index contributed by atoms with van der Waals surface area (Å²) in [6.45, 7) is 3.71. The van der Waals surface area contributed by atoms with Gasteiger partial charge in [0.05, 0.1) is 10.9 Å². The fourth-order valence-corrected chi connectivity index (χ4v) is 5.12. The molecule has 0 aromatic rings. The largest absolute Gasteiger partial charge is 0.374 e. The molecule has 3 unspecified atom stereocenters. The van der Waals surface area contributed by atoms with Crippen molar-refractivity contribution in [3.63, 3.8) is 0 Å². The van der Waals surface area contributed by atoms with Gasteiger partial charge in [0.25, 0.3) is 0 Å². The maximum atomic E-state index is 11.9. The number of rotatable bonds is 3. The van der Waals surface area contributed by atoms with E-state index in [1.165, 1.54) is 6.26 Å². The summed E-state index contributed by atoms with van der Waals surface area (Å²) in [6.07, 6.45) is 5.82. The van der Waals surface area contributed by atoms with Crippen LogP contribution in [0.25, 0.3) is 0 Å². The summed E-state index contributed by atoms with van der Waals surface area (Å²) in [4.78, 5) is 0. The van der Waals surface area contributed by atoms with Gasteiger partial charge in [0.2, 0.25) is 0 Å². The fourth-order valence-electron chi connectivity index (χ4n) is 3.46. The first-order chi connectivity index (χ1) is 7.98. The average Bonchev–Trinajstić information content (AvgIpc) is 2.61. The smallest absolute Gasteiger partial charge is 0.153 e. The molecule has 1 N–H and O–H groups in total. The normalized spacial score (nSPS) is 38.7. The summed E-state index contributed by atoms with van der Waals surface area (Å²) in [5.74, 6) is 0. The number of hydrogen-bond donors (Lipinski definition) is 1. The van der Waals surface area contributed by atoms with E-state index < -0.39 is 15.4 Å². The zero-order valence-corrected chi connectivity index (χ0v) is 11.6. The van der Waals surface area contributed by atoms with Crippen LogP contribution in [-0.4, -0.2) is 44.7 Å². The SMILES string of the molecule is CCNC1CCOC2(CCCC2S(C)(=O)=O)C1. The monoisotopic (exact) mass is 261 g/mol. The Bertz CT molecular complexity index is 366. The number of sulfone groups is 1. The minimum absolute atomic E-state index is 0.295. The van der Waals surface area contributed by atoms with E-state index in [-0.39, 0.29) is 5.25 Å². The topological polar surface area (TPSA) is 55.4 Å². The van der Waals surface area contributed by atoms with E-state index in [1.807, 2.05) is 0 Å². The van der Waals surface area contributed by atoms with Crippen LogP contribution in [0.1, 0.15) is 39.0 Å². The first-order valence-electron chi connectivity index (χ1n) is 6.54. The number of nitrogens with one attached hydrogen (secondary N) is 1. The molecule has 1 spiro atoms. The van der Waals surface area contributed by atoms with Crippen molar-refractivity contribution in [1.29, 1.82) is 0 Å². The van der Waals surface area contributed by atoms with Crippen molar-refractivity contribution in [3.05, 3.63) is 0 Å². The molecule has 1 saturated carbocycles. The van der Waals surface area contributed by atoms with Crippen LogP contribution in [0.15, 0.2) is 0 Å². The molecule has 1 aliphatic carbocycles. The Hall–Kier alpha value is -0.130. The second kappa shape index (κ2) is 4.86. The second-order valence-electron chi connectivity index (χ2n) is 5.37. The summed E-state index contributed by atoms with van der Waals surface area (Å²) in [5.41, 5.74) is -0.404. The van der Waals surface area contributed by atoms with Crippen LogP contribution in [-0.2, 0) is 14.6 Å². The summed E-state index contributed by atoms with van der Waals surface area (Å²) in [6, 6.07) is 0.413. The van der Waals surface area contributed by atoms with Gasteiger partial charge in [0.1, 0.15) is 0 Å². The molecule has 0 aromatic heterocycles. The first kappa shape index (κ1) is 13.3. The van der Waals surface area contributed by atoms with Crippen LogP contribution in [0.2, 0.25) is 0 Å². The van der Waals surface area contributed by atoms with Gasteiger partial charge in [-0.05, 0) is 38.6 Å². The fraction of sp³-hybridized carbons (Fsp3) is 1.00. The first-order valence-corrected chi connectivity index (χ1v) is 8.49. The lowest BCUT2D eigenvalue weighted by Gasteiger charge is -2.41. The Labute approximate surface area is 104 Å². The van der Waals surface area contributed by atoms with Crippen LogP contribution in [0, 0.1) is 0 Å². The predicted molar refractivity (Wildman–Crippen MR) is 67.9 cm³/mol. The molecular weight excluding hydrogens is 238 g/mol. The zero-order chi connectivity index (χ0) is 12.5. The quantitative estimate of drug-likeness (QED) is 0.827. The minimum Gasteiger partial charge on any atom is -0.374 e. The van der Waals surface area contributed by atoms with Crippen molar-refractivity contribution in [2.75, 3.05) is 19.4 Å². The Morgan fingerprint density at radius 3 is 2.82 bits per heavy atom. The van der Waals surface area contributed by atoms with Crippen LogP contribution < -0.4 is 5.32 Å². The predicted octanol–water partition coefficient (Wildman–Crippen LogP) is 1.11. The second-order valence-corrected chi connectivity index (χ2v) is 7.60. The van der Waals surface area contributed by atoms with Gasteiger partial charge in [0.15, 0.2) is 9.84 Å². The van der Waals surface area contributed by atoms with E-state index >= 15 is 0 Å². The molecule has 1 saturated heterocycles. The number of hydrogen-bond acceptors (Lipinski definition) is 4. The van der Waals surface area contributed by atoms with Gasteiger partial charge < -0.3 is 10.1 Å². The average molecular weight is 261 g/mol. The molecular formula is C12H23NO3S. The molecule has 2 fully saturated rings. The molecule has 0 bridgehead atoms. The molecule has 2 rings (SSSR count). The third-order valence-corrected chi connectivity index (χ3v) is 5.81. The number of ether oxygens (including phenoxy) is 1. The van der Waals surface area contributed by atoms with Gasteiger partial charge in [-0.2, -0.15) is 0 Å². The molecule has 5 heteroatoms. The molecule has 2 aliphatic rings. The lowest BCUT2D eigenvalue weighted by molar-refractivity contribution is -0.0809. The maximum absolute atomic E-state index is 11.9. The molecule has 0 amide bonds. The third kappa shape index (κ3) is 2.66. The van der Waals surface area contributed by atoms with Crippen molar-refractivity contribution >= 4 is 9.84 Å². The van der Waals surface area contributed by atoms with Gasteiger partial charge in [-0.15, -0.1) is 0 Å². The molecule has 17 heavy (non-hydrogen) atoms. The van der Waals surface area contributed by atoms with Crippen LogP contribution in [0.5, 0.6) is 0 Å². The van der Waals surface area contributed by atoms with Crippen molar-refractivity contribution in [2.45, 2.75) is 55.9 Å². The maximum Gasteiger partial charge on any atom is 0.153 e. The summed E-state index contributed by atoms with van der Waals surface area (Å²) < 4.78 is 29.7. The van der Waals surface area contributed by atoms with E-state index in [1.54, 1.807) is 0 Å². The zero-order valence-electron chi connectivity index (χ0n) is 10.7. The van der Waals surface area contributed by atoms with Gasteiger partial charge in [-0.3, -0.25) is 0 Å². The van der Waals surface area contributed by atoms with Crippen molar-refractivity contribution in [2.24, 2.45) is 0 Å². The summed E-state index contributed by atoms with van der Waals surface area (Å²) in [7, 11) is -3.00. The van der Waals surface area contributed by atoms with Gasteiger partial charge in [-0.1, -0.05) is 6.92 Å². The van der Waals surface area contributed by atoms with Crippen molar-refractivity contribution in [3.8, 4) is 0 Å². The highest BCUT2D eigenvalue weighted by atomic mass is 32.2. The van der Waals surface area contributed by atoms with Crippen LogP contribution in [0.4, 0.5) is 0 Å². The Morgan fingerprint density at radius 1 is 1.41 bits per heavy atom. The van der Waals surface area contributed by atoms with Crippen molar-refractivity contribution in [1.82, 2.24) is 5.32 Å². The Balaban J connectivity index is 2.16. The van der Waals surface area contributed by atoms with Crippen LogP contribution >= 0.6 is 0 Å². The van der Waals surface area contributed by atoms with Gasteiger partial charge in [0, 0.05) is 18.9 Å². The van der Waals surface area contributed by atoms with Gasteiger partial charge in [-0.25, -0.2) is 8.42 Å². The Kier molecular flexibility index (Phi) is 3.80. The molecule has 3 atom stereocenters. The molecule has 100 valence electrons. The van der Waals surface area contributed by atoms with E-state index in [2.05, 4.69) is 12.2 Å². The Morgan fingerprint density at radius 2 is 2.18 bits per heavy atom. The van der Waals surface area contributed by atoms with Crippen molar-refractivity contribution < 1.29 is 13.2 Å². The van der Waals surface area contributed by atoms with E-state index in [4.69, 9.17) is 4.74 Å². The van der Waals surface area contributed by atoms with E-state index in [9.17, 15) is 8.42 Å². The van der Waals surface area contributed by atoms with Crippen LogP contribution in [0.3, 0.4) is 0 Å². The molecule has 0 aromatic carbocycles. The molecule has 1 heterocycles. The molecule has 0 radical (unpaired) electrons. The lowest BCUT2D eigenvalue weighted by atomic mass is 9.88. The molecule has 4 nitrogen and oxygen atoms in total. The van der Waals surface area contributed by atoms with E-state index in [0.717, 1.165) is 38.6 Å². The third-order valence-electron chi connectivity index (χ3n) is 4.11. The lowest BCUT2D eigenvalue weighted by Crippen LogP contribution is -2.53.